The van der Waals surface area contributed by atoms with Gasteiger partial charge in [-0.2, -0.15) is 30.9 Å². The summed E-state index contributed by atoms with van der Waals surface area (Å²) in [5.41, 5.74) is -0.0222. The second-order valence-electron chi connectivity index (χ2n) is 4.23. The molecule has 0 saturated heterocycles. The molecule has 32 heavy (non-hydrogen) atoms. The molecule has 0 heterocycles. The Labute approximate surface area is 207 Å². The SMILES string of the molecule is C1=C\C=C/C=C\C=C/1.CCO[CH-]c1ccc(C(F)(F)F)cc1.[C-]#[O+].[C-]#[O+].[C-]#[O+].[C-]#[O+].[Fe].[Fe]. The van der Waals surface area contributed by atoms with Gasteiger partial charge in [-0.3, -0.25) is 0 Å². The molecular formula is C22H18F3Fe2O5-. The molecule has 0 bridgehead atoms. The quantitative estimate of drug-likeness (QED) is 0.295. The Balaban J connectivity index is -0.0000000809. The van der Waals surface area contributed by atoms with Gasteiger partial charge < -0.3 is 4.74 Å². The Morgan fingerprint density at radius 3 is 1.19 bits per heavy atom. The molecule has 5 nitrogen and oxygen atoms in total. The Bertz CT molecular complexity index is 635. The van der Waals surface area contributed by atoms with Crippen LogP contribution in [-0.2, 0) is 63.7 Å². The normalized spacial score (nSPS) is 13.2. The summed E-state index contributed by atoms with van der Waals surface area (Å²) in [6.07, 6.45) is 11.7. The summed E-state index contributed by atoms with van der Waals surface area (Å²) in [6, 6.07) is 4.81. The fourth-order valence-electron chi connectivity index (χ4n) is 1.44. The summed E-state index contributed by atoms with van der Waals surface area (Å²) in [5.74, 6) is 0. The largest absolute Gasteiger partial charge is 0 e. The molecule has 10 heteroatoms. The third kappa shape index (κ3) is 30.0. The van der Waals surface area contributed by atoms with Crippen molar-refractivity contribution in [3.63, 3.8) is 0 Å². The predicted octanol–water partition coefficient (Wildman–Crippen LogP) is 5.32. The molecule has 0 unspecified atom stereocenters. The number of ether oxygens (including phenoxy) is 1. The van der Waals surface area contributed by atoms with E-state index in [0.717, 1.165) is 12.1 Å². The molecular weight excluding hydrogens is 513 g/mol. The summed E-state index contributed by atoms with van der Waals surface area (Å²) in [7, 11) is 0. The Kier molecular flexibility index (Phi) is 49.3. The first kappa shape index (κ1) is 43.6. The first-order chi connectivity index (χ1) is 14.5. The fraction of sp³-hybridized carbons (Fsp3) is 0.136. The molecule has 0 aliphatic heterocycles. The van der Waals surface area contributed by atoms with Gasteiger partial charge in [0.2, 0.25) is 0 Å². The molecule has 1 aliphatic carbocycles. The van der Waals surface area contributed by atoms with Crippen molar-refractivity contribution in [3.8, 4) is 0 Å². The molecule has 0 radical (unpaired) electrons. The van der Waals surface area contributed by atoms with Crippen LogP contribution in [0.15, 0.2) is 72.9 Å². The molecule has 0 spiro atoms. The smallest absolute Gasteiger partial charge is 0 e. The summed E-state index contributed by atoms with van der Waals surface area (Å²) >= 11 is 0. The van der Waals surface area contributed by atoms with Gasteiger partial charge >= 0.3 is 51.4 Å². The van der Waals surface area contributed by atoms with E-state index in [-0.39, 0.29) is 34.1 Å². The van der Waals surface area contributed by atoms with E-state index in [1.54, 1.807) is 6.92 Å². The minimum atomic E-state index is -4.27. The van der Waals surface area contributed by atoms with Gasteiger partial charge in [-0.25, -0.2) is 0 Å². The molecule has 0 aromatic heterocycles. The zero-order valence-corrected chi connectivity index (χ0v) is 18.8. The van der Waals surface area contributed by atoms with Crippen LogP contribution in [0.1, 0.15) is 18.1 Å². The predicted molar refractivity (Wildman–Crippen MR) is 98.7 cm³/mol. The van der Waals surface area contributed by atoms with E-state index in [1.807, 2.05) is 48.6 Å². The second kappa shape index (κ2) is 36.2. The van der Waals surface area contributed by atoms with Crippen molar-refractivity contribution in [2.24, 2.45) is 0 Å². The van der Waals surface area contributed by atoms with Crippen LogP contribution in [0.25, 0.3) is 0 Å². The maximum absolute atomic E-state index is 12.1. The maximum Gasteiger partial charge on any atom is 0 e. The van der Waals surface area contributed by atoms with Crippen LogP contribution in [-0.4, -0.2) is 6.61 Å². The van der Waals surface area contributed by atoms with E-state index in [0.29, 0.717) is 12.2 Å². The summed E-state index contributed by atoms with van der Waals surface area (Å²) in [6.45, 7) is 21.7. The molecule has 1 aliphatic rings. The number of rotatable bonds is 3. The van der Waals surface area contributed by atoms with Crippen molar-refractivity contribution >= 4 is 0 Å². The number of benzene rings is 1. The van der Waals surface area contributed by atoms with Gasteiger partial charge in [-0.15, -0.1) is 12.1 Å². The summed E-state index contributed by atoms with van der Waals surface area (Å²) in [5, 5.41) is 0. The summed E-state index contributed by atoms with van der Waals surface area (Å²) in [4.78, 5) is 0. The van der Waals surface area contributed by atoms with Crippen molar-refractivity contribution < 1.29 is 70.7 Å². The van der Waals surface area contributed by atoms with Crippen LogP contribution in [0.3, 0.4) is 0 Å². The van der Waals surface area contributed by atoms with Crippen LogP contribution in [0.2, 0.25) is 0 Å². The molecule has 1 aromatic carbocycles. The van der Waals surface area contributed by atoms with Crippen LogP contribution >= 0.6 is 0 Å². The summed E-state index contributed by atoms with van der Waals surface area (Å²) < 4.78 is 71.3. The number of hydrogen-bond acceptors (Lipinski definition) is 1. The molecule has 0 atom stereocenters. The third-order valence-electron chi connectivity index (χ3n) is 2.51. The molecule has 0 fully saturated rings. The minimum absolute atomic E-state index is 0. The number of hydrogen-bond donors (Lipinski definition) is 0. The molecule has 0 amide bonds. The zero-order chi connectivity index (χ0) is 24.3. The van der Waals surface area contributed by atoms with Gasteiger partial charge in [0.1, 0.15) is 0 Å². The van der Waals surface area contributed by atoms with Crippen molar-refractivity contribution in [2.45, 2.75) is 13.1 Å². The first-order valence-corrected chi connectivity index (χ1v) is 7.64. The molecule has 0 N–H and O–H groups in total. The molecule has 1 aromatic rings. The molecule has 0 saturated carbocycles. The topological polar surface area (TPSA) is 88.8 Å². The number of alkyl halides is 3. The zero-order valence-electron chi connectivity index (χ0n) is 16.6. The van der Waals surface area contributed by atoms with Crippen LogP contribution in [0.5, 0.6) is 0 Å². The van der Waals surface area contributed by atoms with E-state index in [9.17, 15) is 13.2 Å². The van der Waals surface area contributed by atoms with Crippen molar-refractivity contribution in [1.29, 1.82) is 0 Å². The van der Waals surface area contributed by atoms with E-state index >= 15 is 0 Å². The Morgan fingerprint density at radius 1 is 0.688 bits per heavy atom. The van der Waals surface area contributed by atoms with Crippen molar-refractivity contribution in [3.05, 3.63) is 117 Å². The number of halogens is 3. The van der Waals surface area contributed by atoms with E-state index < -0.39 is 11.7 Å². The fourth-order valence-corrected chi connectivity index (χ4v) is 1.44. The monoisotopic (exact) mass is 531 g/mol. The van der Waals surface area contributed by atoms with Gasteiger partial charge in [0, 0.05) is 46.3 Å². The van der Waals surface area contributed by atoms with Crippen LogP contribution in [0, 0.1) is 33.2 Å². The Hall–Kier alpha value is -2.20. The number of allylic oxidation sites excluding steroid dienone is 8. The van der Waals surface area contributed by atoms with Gasteiger partial charge in [0.25, 0.3) is 0 Å². The van der Waals surface area contributed by atoms with Crippen molar-refractivity contribution in [2.75, 3.05) is 6.61 Å². The first-order valence-electron chi connectivity index (χ1n) is 7.64. The van der Waals surface area contributed by atoms with Crippen LogP contribution in [0.4, 0.5) is 13.2 Å². The second-order valence-corrected chi connectivity index (χ2v) is 4.23. The molecule has 174 valence electrons. The average molecular weight is 531 g/mol. The average Bonchev–Trinajstić information content (AvgIpc) is 2.77. The molecule has 2 rings (SSSR count). The maximum atomic E-state index is 12.1. The van der Waals surface area contributed by atoms with E-state index in [4.69, 9.17) is 23.3 Å². The van der Waals surface area contributed by atoms with Gasteiger partial charge in [0.05, 0.1) is 0 Å². The minimum Gasteiger partial charge on any atom is 0 e. The van der Waals surface area contributed by atoms with E-state index in [2.05, 4.69) is 26.6 Å². The third-order valence-corrected chi connectivity index (χ3v) is 2.51. The van der Waals surface area contributed by atoms with Gasteiger partial charge in [0.15, 0.2) is 0 Å². The van der Waals surface area contributed by atoms with Crippen LogP contribution < -0.4 is 0 Å². The van der Waals surface area contributed by atoms with E-state index in [1.165, 1.54) is 18.7 Å². The van der Waals surface area contributed by atoms with Gasteiger partial charge in [-0.05, 0) is 6.92 Å². The standard InChI is InChI=1S/C10H10F3O.C8H8.4CO.2Fe/c1-2-14-7-8-3-5-9(6-4-8)10(11,12)13;1-2-4-6-8-7-5-3-1;4*1-2;;/h3-7H,2H2,1H3;1-8H;;;;;;/q-1;;;;;;;/b;2-1-,3-1?,4-2?,5-3-,6-4-,7-5?,8-6?,8-7-;;;;;;. The van der Waals surface area contributed by atoms with Gasteiger partial charge in [-0.1, -0.05) is 55.2 Å². The van der Waals surface area contributed by atoms with Crippen molar-refractivity contribution in [1.82, 2.24) is 0 Å². The Morgan fingerprint density at radius 2 is 0.969 bits per heavy atom.